The number of fused-ring (bicyclic) bond motifs is 2. The van der Waals surface area contributed by atoms with E-state index in [1.807, 2.05) is 10.9 Å². The van der Waals surface area contributed by atoms with Gasteiger partial charge in [-0.05, 0) is 61.9 Å². The number of carbonyl (C=O) groups excluding carboxylic acids is 1. The first kappa shape index (κ1) is 18.5. The van der Waals surface area contributed by atoms with Crippen LogP contribution in [0.25, 0.3) is 11.5 Å². The highest BCUT2D eigenvalue weighted by Gasteiger charge is 2.26. The highest BCUT2D eigenvalue weighted by atomic mass is 16.1. The Labute approximate surface area is 174 Å². The molecule has 1 amide bonds. The molecule has 0 saturated carbocycles. The molecule has 4 aromatic rings. The predicted molar refractivity (Wildman–Crippen MR) is 111 cm³/mol. The number of nitrogens with one attached hydrogen (secondary N) is 1. The van der Waals surface area contributed by atoms with Crippen molar-refractivity contribution in [3.8, 4) is 5.69 Å². The molecule has 3 aromatic heterocycles. The minimum atomic E-state index is -0.0342. The molecule has 8 nitrogen and oxygen atoms in total. The predicted octanol–water partition coefficient (Wildman–Crippen LogP) is 2.66. The third-order valence-corrected chi connectivity index (χ3v) is 5.81. The number of hydrogen-bond donors (Lipinski definition) is 1. The van der Waals surface area contributed by atoms with Crippen LogP contribution in [-0.4, -0.2) is 35.3 Å². The van der Waals surface area contributed by atoms with Gasteiger partial charge in [0.05, 0.1) is 24.3 Å². The minimum absolute atomic E-state index is 0.0235. The Morgan fingerprint density at radius 1 is 1.17 bits per heavy atom. The largest absolute Gasteiger partial charge is 0.349 e. The van der Waals surface area contributed by atoms with Crippen LogP contribution in [0, 0.1) is 13.8 Å². The molecule has 0 aliphatic heterocycles. The van der Waals surface area contributed by atoms with Crippen molar-refractivity contribution in [1.29, 1.82) is 0 Å². The maximum absolute atomic E-state index is 12.7. The van der Waals surface area contributed by atoms with E-state index >= 15 is 0 Å². The van der Waals surface area contributed by atoms with Crippen LogP contribution in [0.2, 0.25) is 0 Å². The van der Waals surface area contributed by atoms with Crippen LogP contribution in [-0.2, 0) is 17.6 Å². The average molecular weight is 401 g/mol. The molecule has 0 fully saturated rings. The smallest absolute Gasteiger partial charge is 0.252 e. The summed E-state index contributed by atoms with van der Waals surface area (Å²) in [6.07, 6.45) is 9.95. The van der Waals surface area contributed by atoms with Crippen molar-refractivity contribution >= 4 is 11.7 Å². The molecule has 1 aliphatic rings. The third-order valence-electron chi connectivity index (χ3n) is 5.81. The highest BCUT2D eigenvalue weighted by molar-refractivity contribution is 5.79. The van der Waals surface area contributed by atoms with Gasteiger partial charge in [0.25, 0.3) is 5.78 Å². The zero-order chi connectivity index (χ0) is 20.7. The fraction of sp³-hybridized carbons (Fsp3) is 0.318. The van der Waals surface area contributed by atoms with Crippen molar-refractivity contribution in [3.05, 3.63) is 71.1 Å². The highest BCUT2D eigenvalue weighted by Crippen LogP contribution is 2.31. The SMILES string of the molecule is Cc1ccc(-n2ncc3c2CCC[C@@H]3NC(=O)Cc2cnc3ncnn3c2)cc1C. The average Bonchev–Trinajstić information content (AvgIpc) is 3.37. The summed E-state index contributed by atoms with van der Waals surface area (Å²) >= 11 is 0. The lowest BCUT2D eigenvalue weighted by atomic mass is 9.92. The van der Waals surface area contributed by atoms with E-state index in [-0.39, 0.29) is 18.4 Å². The van der Waals surface area contributed by atoms with E-state index in [4.69, 9.17) is 0 Å². The summed E-state index contributed by atoms with van der Waals surface area (Å²) < 4.78 is 3.59. The number of carbonyl (C=O) groups is 1. The van der Waals surface area contributed by atoms with Crippen LogP contribution in [0.4, 0.5) is 0 Å². The van der Waals surface area contributed by atoms with Gasteiger partial charge >= 0.3 is 0 Å². The van der Waals surface area contributed by atoms with Gasteiger partial charge in [-0.1, -0.05) is 6.07 Å². The molecule has 1 aliphatic carbocycles. The molecule has 0 unspecified atom stereocenters. The van der Waals surface area contributed by atoms with Gasteiger partial charge in [0.2, 0.25) is 5.91 Å². The van der Waals surface area contributed by atoms with E-state index in [0.717, 1.165) is 36.1 Å². The van der Waals surface area contributed by atoms with Crippen molar-refractivity contribution in [2.75, 3.05) is 0 Å². The van der Waals surface area contributed by atoms with Gasteiger partial charge in [-0.3, -0.25) is 4.79 Å². The Bertz CT molecular complexity index is 1240. The normalized spacial score (nSPS) is 15.9. The molecule has 1 aromatic carbocycles. The first-order valence-corrected chi connectivity index (χ1v) is 10.2. The second-order valence-corrected chi connectivity index (χ2v) is 7.88. The maximum atomic E-state index is 12.7. The number of aromatic nitrogens is 6. The molecule has 30 heavy (non-hydrogen) atoms. The summed E-state index contributed by atoms with van der Waals surface area (Å²) in [5, 5.41) is 11.9. The van der Waals surface area contributed by atoms with Crippen LogP contribution in [0.5, 0.6) is 0 Å². The van der Waals surface area contributed by atoms with Crippen molar-refractivity contribution in [3.63, 3.8) is 0 Å². The Morgan fingerprint density at radius 3 is 2.93 bits per heavy atom. The molecular weight excluding hydrogens is 378 g/mol. The van der Waals surface area contributed by atoms with E-state index in [1.54, 1.807) is 16.9 Å². The molecule has 152 valence electrons. The minimum Gasteiger partial charge on any atom is -0.349 e. The summed E-state index contributed by atoms with van der Waals surface area (Å²) in [5.74, 6) is 0.489. The lowest BCUT2D eigenvalue weighted by Gasteiger charge is -2.24. The molecule has 8 heteroatoms. The summed E-state index contributed by atoms with van der Waals surface area (Å²) in [6.45, 7) is 4.22. The van der Waals surface area contributed by atoms with E-state index in [0.29, 0.717) is 5.78 Å². The van der Waals surface area contributed by atoms with Crippen molar-refractivity contribution in [2.24, 2.45) is 0 Å². The summed E-state index contributed by atoms with van der Waals surface area (Å²) in [5.41, 5.74) is 6.67. The second-order valence-electron chi connectivity index (χ2n) is 7.88. The maximum Gasteiger partial charge on any atom is 0.252 e. The van der Waals surface area contributed by atoms with Gasteiger partial charge in [-0.2, -0.15) is 15.2 Å². The van der Waals surface area contributed by atoms with Gasteiger partial charge in [0.1, 0.15) is 6.33 Å². The van der Waals surface area contributed by atoms with Gasteiger partial charge in [-0.15, -0.1) is 0 Å². The molecule has 0 spiro atoms. The number of nitrogens with zero attached hydrogens (tertiary/aromatic N) is 6. The van der Waals surface area contributed by atoms with Crippen LogP contribution < -0.4 is 5.32 Å². The standard InChI is InChI=1S/C22H23N7O/c1-14-6-7-17(8-15(14)2)29-20-5-3-4-19(18(20)11-25-29)27-21(30)9-16-10-23-22-24-13-26-28(22)12-16/h6-8,10-13,19H,3-5,9H2,1-2H3,(H,27,30)/t19-/m0/s1. The molecule has 1 N–H and O–H groups in total. The summed E-state index contributed by atoms with van der Waals surface area (Å²) in [6, 6.07) is 6.37. The lowest BCUT2D eigenvalue weighted by Crippen LogP contribution is -2.32. The molecular formula is C22H23N7O. The van der Waals surface area contributed by atoms with Gasteiger partial charge < -0.3 is 5.32 Å². The van der Waals surface area contributed by atoms with Gasteiger partial charge in [0.15, 0.2) is 0 Å². The van der Waals surface area contributed by atoms with E-state index in [1.165, 1.54) is 23.1 Å². The fourth-order valence-electron chi connectivity index (χ4n) is 4.07. The Morgan fingerprint density at radius 2 is 2.07 bits per heavy atom. The molecule has 1 atom stereocenters. The van der Waals surface area contributed by atoms with E-state index in [2.05, 4.69) is 57.5 Å². The zero-order valence-corrected chi connectivity index (χ0v) is 17.0. The molecule has 5 rings (SSSR count). The van der Waals surface area contributed by atoms with Gasteiger partial charge in [-0.25, -0.2) is 14.2 Å². The molecule has 0 radical (unpaired) electrons. The van der Waals surface area contributed by atoms with Crippen LogP contribution in [0.3, 0.4) is 0 Å². The van der Waals surface area contributed by atoms with Gasteiger partial charge in [0, 0.05) is 23.7 Å². The van der Waals surface area contributed by atoms with Crippen molar-refractivity contribution in [1.82, 2.24) is 34.7 Å². The number of amides is 1. The number of rotatable bonds is 4. The summed E-state index contributed by atoms with van der Waals surface area (Å²) in [7, 11) is 0. The number of aryl methyl sites for hydroxylation is 2. The number of hydrogen-bond acceptors (Lipinski definition) is 5. The Kier molecular flexibility index (Phi) is 4.54. The summed E-state index contributed by atoms with van der Waals surface area (Å²) in [4.78, 5) is 21.0. The quantitative estimate of drug-likeness (QED) is 0.568. The second kappa shape index (κ2) is 7.37. The fourth-order valence-corrected chi connectivity index (χ4v) is 4.07. The first-order chi connectivity index (χ1) is 14.6. The third kappa shape index (κ3) is 3.34. The van der Waals surface area contributed by atoms with E-state index in [9.17, 15) is 4.79 Å². The zero-order valence-electron chi connectivity index (χ0n) is 17.0. The van der Waals surface area contributed by atoms with Crippen LogP contribution in [0.1, 0.15) is 46.8 Å². The monoisotopic (exact) mass is 401 g/mol. The van der Waals surface area contributed by atoms with Crippen LogP contribution in [0.15, 0.2) is 43.1 Å². The first-order valence-electron chi connectivity index (χ1n) is 10.2. The Hall–Kier alpha value is -3.55. The Balaban J connectivity index is 1.35. The molecule has 0 saturated heterocycles. The topological polar surface area (TPSA) is 90.0 Å². The van der Waals surface area contributed by atoms with E-state index < -0.39 is 0 Å². The van der Waals surface area contributed by atoms with Crippen molar-refractivity contribution < 1.29 is 4.79 Å². The molecule has 0 bridgehead atoms. The number of benzene rings is 1. The molecule has 3 heterocycles. The lowest BCUT2D eigenvalue weighted by molar-refractivity contribution is -0.121. The van der Waals surface area contributed by atoms with Crippen molar-refractivity contribution in [2.45, 2.75) is 45.6 Å². The van der Waals surface area contributed by atoms with Crippen LogP contribution >= 0.6 is 0 Å².